The van der Waals surface area contributed by atoms with Gasteiger partial charge < -0.3 is 19.9 Å². The number of aryl methyl sites for hydroxylation is 1. The van der Waals surface area contributed by atoms with E-state index in [0.717, 1.165) is 39.8 Å². The van der Waals surface area contributed by atoms with Crippen LogP contribution in [0.4, 0.5) is 0 Å². The number of pyridine rings is 2. The van der Waals surface area contributed by atoms with Crippen LogP contribution in [0.3, 0.4) is 0 Å². The Morgan fingerprint density at radius 3 is 2.69 bits per heavy atom. The zero-order chi connectivity index (χ0) is 21.7. The number of fused-ring (bicyclic) bond motifs is 4. The third-order valence-electron chi connectivity index (χ3n) is 6.20. The number of aliphatic imine (C=N–C) groups is 1. The van der Waals surface area contributed by atoms with E-state index in [1.54, 1.807) is 0 Å². The molecule has 160 valence electrons. The fraction of sp³-hybridized carbons (Fsp3) is 0.240. The maximum Gasteiger partial charge on any atom is 0.283 e. The molecule has 0 aliphatic carbocycles. The van der Waals surface area contributed by atoms with Crippen LogP contribution in [0, 0.1) is 6.92 Å². The Kier molecular flexibility index (Phi) is 4.26. The zero-order valence-corrected chi connectivity index (χ0v) is 17.7. The number of nitrogens with zero attached hydrogens (tertiary/aromatic N) is 3. The van der Waals surface area contributed by atoms with E-state index in [-0.39, 0.29) is 6.02 Å². The first-order valence-corrected chi connectivity index (χ1v) is 10.6. The number of rotatable bonds is 2. The molecule has 0 radical (unpaired) electrons. The van der Waals surface area contributed by atoms with Gasteiger partial charge in [-0.05, 0) is 59.9 Å². The smallest absolute Gasteiger partial charge is 0.283 e. The van der Waals surface area contributed by atoms with Gasteiger partial charge in [0.1, 0.15) is 12.4 Å². The normalized spacial score (nSPS) is 21.2. The topological polar surface area (TPSA) is 91.9 Å². The van der Waals surface area contributed by atoms with Crippen LogP contribution in [0.2, 0.25) is 0 Å². The number of benzene rings is 1. The molecule has 0 amide bonds. The van der Waals surface area contributed by atoms with E-state index in [9.17, 15) is 0 Å². The second kappa shape index (κ2) is 7.17. The van der Waals surface area contributed by atoms with Gasteiger partial charge in [-0.1, -0.05) is 12.1 Å². The Bertz CT molecular complexity index is 1300. The van der Waals surface area contributed by atoms with Crippen molar-refractivity contribution in [3.8, 4) is 22.8 Å². The Morgan fingerprint density at radius 2 is 1.91 bits per heavy atom. The van der Waals surface area contributed by atoms with Crippen LogP contribution in [-0.2, 0) is 15.0 Å². The van der Waals surface area contributed by atoms with Crippen LogP contribution in [0.25, 0.3) is 16.7 Å². The van der Waals surface area contributed by atoms with E-state index >= 15 is 0 Å². The average Bonchev–Trinajstić information content (AvgIpc) is 3.22. The van der Waals surface area contributed by atoms with E-state index in [1.165, 1.54) is 5.57 Å². The van der Waals surface area contributed by atoms with E-state index in [1.807, 2.05) is 37.6 Å². The van der Waals surface area contributed by atoms with Crippen molar-refractivity contribution in [2.75, 3.05) is 19.8 Å². The van der Waals surface area contributed by atoms with Crippen LogP contribution in [0.15, 0.2) is 60.0 Å². The summed E-state index contributed by atoms with van der Waals surface area (Å²) in [6.07, 6.45) is 8.50. The van der Waals surface area contributed by atoms with Crippen LogP contribution >= 0.6 is 0 Å². The minimum absolute atomic E-state index is 0.169. The first-order valence-electron chi connectivity index (χ1n) is 10.6. The van der Waals surface area contributed by atoms with E-state index < -0.39 is 5.54 Å². The van der Waals surface area contributed by atoms with Gasteiger partial charge in [0, 0.05) is 29.7 Å². The highest BCUT2D eigenvalue weighted by Crippen LogP contribution is 2.51. The fourth-order valence-corrected chi connectivity index (χ4v) is 4.59. The summed E-state index contributed by atoms with van der Waals surface area (Å²) in [5.41, 5.74) is 12.4. The molecule has 2 aromatic heterocycles. The fourth-order valence-electron chi connectivity index (χ4n) is 4.59. The summed E-state index contributed by atoms with van der Waals surface area (Å²) in [6.45, 7) is 3.64. The van der Waals surface area contributed by atoms with Crippen molar-refractivity contribution in [3.05, 3.63) is 77.3 Å². The Labute approximate surface area is 185 Å². The molecule has 1 atom stereocenters. The highest BCUT2D eigenvalue weighted by molar-refractivity contribution is 5.78. The Hall–Kier alpha value is -3.71. The van der Waals surface area contributed by atoms with Gasteiger partial charge in [-0.25, -0.2) is 9.98 Å². The highest BCUT2D eigenvalue weighted by atomic mass is 16.5. The molecule has 1 spiro atoms. The third kappa shape index (κ3) is 2.97. The molecule has 32 heavy (non-hydrogen) atoms. The lowest BCUT2D eigenvalue weighted by molar-refractivity contribution is 0.161. The van der Waals surface area contributed by atoms with Crippen molar-refractivity contribution in [1.29, 1.82) is 0 Å². The molecule has 3 aliphatic rings. The lowest BCUT2D eigenvalue weighted by Crippen LogP contribution is -2.31. The van der Waals surface area contributed by atoms with E-state index in [0.29, 0.717) is 31.5 Å². The molecular formula is C25H22N4O3. The van der Waals surface area contributed by atoms with Crippen molar-refractivity contribution < 1.29 is 14.2 Å². The molecular weight excluding hydrogens is 404 g/mol. The molecule has 1 aromatic carbocycles. The zero-order valence-electron chi connectivity index (χ0n) is 17.7. The van der Waals surface area contributed by atoms with Gasteiger partial charge in [0.15, 0.2) is 5.54 Å². The van der Waals surface area contributed by atoms with Gasteiger partial charge in [-0.3, -0.25) is 4.98 Å². The number of nitrogens with two attached hydrogens (primary N) is 1. The van der Waals surface area contributed by atoms with Gasteiger partial charge in [0.2, 0.25) is 5.88 Å². The molecule has 0 saturated heterocycles. The predicted octanol–water partition coefficient (Wildman–Crippen LogP) is 3.95. The molecule has 0 bridgehead atoms. The van der Waals surface area contributed by atoms with E-state index in [2.05, 4.69) is 34.2 Å². The molecule has 0 saturated carbocycles. The molecule has 7 heteroatoms. The number of ether oxygens (including phenoxy) is 3. The van der Waals surface area contributed by atoms with Crippen molar-refractivity contribution >= 4 is 11.6 Å². The van der Waals surface area contributed by atoms with Crippen molar-refractivity contribution in [2.24, 2.45) is 10.7 Å². The minimum atomic E-state index is -0.811. The summed E-state index contributed by atoms with van der Waals surface area (Å²) < 4.78 is 17.4. The Morgan fingerprint density at radius 1 is 1.00 bits per heavy atom. The number of hydrogen-bond acceptors (Lipinski definition) is 7. The van der Waals surface area contributed by atoms with Crippen molar-refractivity contribution in [2.45, 2.75) is 18.9 Å². The van der Waals surface area contributed by atoms with Crippen LogP contribution in [0.5, 0.6) is 11.6 Å². The number of aromatic nitrogens is 2. The summed E-state index contributed by atoms with van der Waals surface area (Å²) in [6, 6.07) is 10.5. The third-order valence-corrected chi connectivity index (χ3v) is 6.20. The second-order valence-electron chi connectivity index (χ2n) is 8.29. The van der Waals surface area contributed by atoms with E-state index in [4.69, 9.17) is 24.9 Å². The molecule has 7 nitrogen and oxygen atoms in total. The molecule has 3 aliphatic heterocycles. The quantitative estimate of drug-likeness (QED) is 0.667. The summed E-state index contributed by atoms with van der Waals surface area (Å²) in [5, 5.41) is 0. The van der Waals surface area contributed by atoms with Gasteiger partial charge in [-0.15, -0.1) is 0 Å². The first kappa shape index (κ1) is 19.0. The van der Waals surface area contributed by atoms with Gasteiger partial charge in [0.05, 0.1) is 18.8 Å². The number of hydrogen-bond donors (Lipinski definition) is 1. The first-order chi connectivity index (χ1) is 15.6. The second-order valence-corrected chi connectivity index (χ2v) is 8.29. The van der Waals surface area contributed by atoms with Crippen molar-refractivity contribution in [3.63, 3.8) is 0 Å². The summed E-state index contributed by atoms with van der Waals surface area (Å²) >= 11 is 0. The summed E-state index contributed by atoms with van der Waals surface area (Å²) in [4.78, 5) is 13.8. The van der Waals surface area contributed by atoms with Crippen LogP contribution < -0.4 is 10.5 Å². The largest absolute Gasteiger partial charge is 0.462 e. The minimum Gasteiger partial charge on any atom is -0.462 e. The molecule has 0 unspecified atom stereocenters. The molecule has 6 rings (SSSR count). The monoisotopic (exact) mass is 426 g/mol. The molecule has 0 fully saturated rings. The lowest BCUT2D eigenvalue weighted by atomic mass is 9.80. The Balaban J connectivity index is 1.53. The highest BCUT2D eigenvalue weighted by Gasteiger charge is 2.48. The SMILES string of the molecule is Cc1cncc(-c2ccc3c(c2)[C@@]2(COC(N)=N2)c2cc(C4=CCOCC4)cnc2O3)c1. The van der Waals surface area contributed by atoms with Crippen molar-refractivity contribution in [1.82, 2.24) is 9.97 Å². The summed E-state index contributed by atoms with van der Waals surface area (Å²) in [7, 11) is 0. The lowest BCUT2D eigenvalue weighted by Gasteiger charge is -2.33. The van der Waals surface area contributed by atoms with Crippen LogP contribution in [0.1, 0.15) is 28.7 Å². The summed E-state index contributed by atoms with van der Waals surface area (Å²) in [5.74, 6) is 1.23. The number of amidine groups is 1. The van der Waals surface area contributed by atoms with Crippen LogP contribution in [-0.4, -0.2) is 35.8 Å². The maximum atomic E-state index is 6.22. The maximum absolute atomic E-state index is 6.22. The molecule has 2 N–H and O–H groups in total. The molecule has 3 aromatic rings. The predicted molar refractivity (Wildman–Crippen MR) is 120 cm³/mol. The van der Waals surface area contributed by atoms with Gasteiger partial charge in [-0.2, -0.15) is 0 Å². The molecule has 5 heterocycles. The average molecular weight is 426 g/mol. The van der Waals surface area contributed by atoms with Gasteiger partial charge >= 0.3 is 0 Å². The standard InChI is InChI=1S/C25H22N4O3/c1-15-8-18(12-27-11-15)17-2-3-22-20(9-17)25(14-31-24(26)29-25)21-10-19(13-28-23(21)32-22)16-4-6-30-7-5-16/h2-4,8-13H,5-7,14H2,1H3,(H2,26,29)/t25-/m0/s1. The van der Waals surface area contributed by atoms with Gasteiger partial charge in [0.25, 0.3) is 6.02 Å².